The molecule has 0 N–H and O–H groups in total. The van der Waals surface area contributed by atoms with E-state index in [2.05, 4.69) is 5.16 Å². The number of oxime groups is 1. The highest BCUT2D eigenvalue weighted by Gasteiger charge is 2.16. The standard InChI is InChI=1S/C21H23NO4/c1-15-8-7-10-17(12-15)16(2)22-26-13-18-9-5-6-11-19(18)20(14-24-3)21(23)25-4/h5-12,14H,13H2,1-4H3/b20-14+,22-16+. The van der Waals surface area contributed by atoms with E-state index in [0.29, 0.717) is 11.1 Å². The van der Waals surface area contributed by atoms with Gasteiger partial charge in [0.1, 0.15) is 12.2 Å². The van der Waals surface area contributed by atoms with Gasteiger partial charge in [-0.1, -0.05) is 59.3 Å². The first-order chi connectivity index (χ1) is 12.6. The van der Waals surface area contributed by atoms with Crippen LogP contribution in [0.4, 0.5) is 0 Å². The van der Waals surface area contributed by atoms with Gasteiger partial charge in [0.2, 0.25) is 0 Å². The van der Waals surface area contributed by atoms with Crippen molar-refractivity contribution in [2.24, 2.45) is 5.16 Å². The van der Waals surface area contributed by atoms with E-state index in [-0.39, 0.29) is 6.61 Å². The monoisotopic (exact) mass is 353 g/mol. The summed E-state index contributed by atoms with van der Waals surface area (Å²) in [4.78, 5) is 17.5. The Kier molecular flexibility index (Phi) is 6.97. The smallest absolute Gasteiger partial charge is 0.341 e. The average Bonchev–Trinajstić information content (AvgIpc) is 2.66. The molecule has 0 heterocycles. The first-order valence-electron chi connectivity index (χ1n) is 8.20. The molecule has 0 aliphatic rings. The zero-order valence-electron chi connectivity index (χ0n) is 15.5. The molecule has 0 saturated carbocycles. The summed E-state index contributed by atoms with van der Waals surface area (Å²) in [6.45, 7) is 4.15. The predicted molar refractivity (Wildman–Crippen MR) is 102 cm³/mol. The van der Waals surface area contributed by atoms with Crippen molar-refractivity contribution >= 4 is 17.3 Å². The van der Waals surface area contributed by atoms with Crippen molar-refractivity contribution < 1.29 is 19.1 Å². The minimum atomic E-state index is -0.473. The number of rotatable bonds is 7. The first kappa shape index (κ1) is 19.2. The summed E-state index contributed by atoms with van der Waals surface area (Å²) >= 11 is 0. The van der Waals surface area contributed by atoms with E-state index in [9.17, 15) is 4.79 Å². The van der Waals surface area contributed by atoms with E-state index >= 15 is 0 Å². The molecule has 5 nitrogen and oxygen atoms in total. The lowest BCUT2D eigenvalue weighted by atomic mass is 10.0. The zero-order chi connectivity index (χ0) is 18.9. The van der Waals surface area contributed by atoms with Crippen LogP contribution < -0.4 is 0 Å². The molecule has 0 aliphatic carbocycles. The van der Waals surface area contributed by atoms with Crippen LogP contribution in [0.5, 0.6) is 0 Å². The van der Waals surface area contributed by atoms with Crippen LogP contribution in [0.15, 0.2) is 59.9 Å². The molecule has 0 aromatic heterocycles. The van der Waals surface area contributed by atoms with Crippen LogP contribution in [0.1, 0.15) is 29.2 Å². The number of aryl methyl sites for hydroxylation is 1. The average molecular weight is 353 g/mol. The molecule has 2 aromatic carbocycles. The minimum Gasteiger partial charge on any atom is -0.503 e. The second-order valence-corrected chi connectivity index (χ2v) is 5.74. The van der Waals surface area contributed by atoms with Crippen LogP contribution in [0.2, 0.25) is 0 Å². The Bertz CT molecular complexity index is 824. The van der Waals surface area contributed by atoms with E-state index in [4.69, 9.17) is 14.3 Å². The number of benzene rings is 2. The van der Waals surface area contributed by atoms with Crippen molar-refractivity contribution in [3.8, 4) is 0 Å². The number of hydrogen-bond acceptors (Lipinski definition) is 5. The molecule has 0 bridgehead atoms. The SMILES string of the molecule is CO/C=C(/C(=O)OC)c1ccccc1CO/N=C(\C)c1cccc(C)c1. The number of esters is 1. The highest BCUT2D eigenvalue weighted by molar-refractivity contribution is 6.16. The van der Waals surface area contributed by atoms with Crippen LogP contribution in [-0.2, 0) is 25.7 Å². The molecule has 0 aliphatic heterocycles. The van der Waals surface area contributed by atoms with Crippen LogP contribution >= 0.6 is 0 Å². The maximum Gasteiger partial charge on any atom is 0.341 e. The molecule has 0 saturated heterocycles. The largest absolute Gasteiger partial charge is 0.503 e. The molecule has 0 unspecified atom stereocenters. The Balaban J connectivity index is 2.19. The Labute approximate surface area is 153 Å². The summed E-state index contributed by atoms with van der Waals surface area (Å²) < 4.78 is 9.85. The van der Waals surface area contributed by atoms with Crippen LogP contribution in [0, 0.1) is 6.92 Å². The third-order valence-corrected chi connectivity index (χ3v) is 3.81. The van der Waals surface area contributed by atoms with Crippen molar-refractivity contribution in [2.75, 3.05) is 14.2 Å². The van der Waals surface area contributed by atoms with Gasteiger partial charge in [0, 0.05) is 5.56 Å². The van der Waals surface area contributed by atoms with E-state index in [1.54, 1.807) is 0 Å². The lowest BCUT2D eigenvalue weighted by molar-refractivity contribution is -0.133. The molecule has 0 amide bonds. The normalized spacial score (nSPS) is 11.8. The Morgan fingerprint density at radius 1 is 1.12 bits per heavy atom. The molecular formula is C21H23NO4. The molecule has 26 heavy (non-hydrogen) atoms. The van der Waals surface area contributed by atoms with Gasteiger partial charge < -0.3 is 14.3 Å². The molecular weight excluding hydrogens is 330 g/mol. The van der Waals surface area contributed by atoms with Gasteiger partial charge in [-0.05, 0) is 25.0 Å². The Morgan fingerprint density at radius 2 is 1.88 bits per heavy atom. The van der Waals surface area contributed by atoms with E-state index in [0.717, 1.165) is 22.4 Å². The van der Waals surface area contributed by atoms with Crippen molar-refractivity contribution in [3.05, 3.63) is 77.0 Å². The number of methoxy groups -OCH3 is 2. The third kappa shape index (κ3) is 4.96. The molecule has 0 radical (unpaired) electrons. The summed E-state index contributed by atoms with van der Waals surface area (Å²) in [5.74, 6) is -0.473. The summed E-state index contributed by atoms with van der Waals surface area (Å²) in [7, 11) is 2.82. The highest BCUT2D eigenvalue weighted by atomic mass is 16.6. The number of carbonyl (C=O) groups is 1. The maximum absolute atomic E-state index is 12.0. The van der Waals surface area contributed by atoms with Gasteiger partial charge in [0.15, 0.2) is 0 Å². The van der Waals surface area contributed by atoms with E-state index in [1.165, 1.54) is 20.5 Å². The van der Waals surface area contributed by atoms with Crippen LogP contribution in [0.25, 0.3) is 5.57 Å². The summed E-state index contributed by atoms with van der Waals surface area (Å²) in [5, 5.41) is 4.19. The van der Waals surface area contributed by atoms with E-state index < -0.39 is 5.97 Å². The molecule has 0 fully saturated rings. The van der Waals surface area contributed by atoms with Gasteiger partial charge in [0.25, 0.3) is 0 Å². The summed E-state index contributed by atoms with van der Waals surface area (Å²) in [6, 6.07) is 15.5. The maximum atomic E-state index is 12.0. The van der Waals surface area contributed by atoms with Gasteiger partial charge in [-0.25, -0.2) is 4.79 Å². The topological polar surface area (TPSA) is 57.1 Å². The van der Waals surface area contributed by atoms with Crippen molar-refractivity contribution in [1.29, 1.82) is 0 Å². The predicted octanol–water partition coefficient (Wildman–Crippen LogP) is 4.10. The molecule has 5 heteroatoms. The van der Waals surface area contributed by atoms with Gasteiger partial charge in [-0.2, -0.15) is 0 Å². The molecule has 136 valence electrons. The zero-order valence-corrected chi connectivity index (χ0v) is 15.5. The minimum absolute atomic E-state index is 0.220. The second-order valence-electron chi connectivity index (χ2n) is 5.74. The lowest BCUT2D eigenvalue weighted by Crippen LogP contribution is -2.07. The number of hydrogen-bond donors (Lipinski definition) is 0. The molecule has 2 aromatic rings. The Hall–Kier alpha value is -3.08. The first-order valence-corrected chi connectivity index (χ1v) is 8.20. The lowest BCUT2D eigenvalue weighted by Gasteiger charge is -2.11. The second kappa shape index (κ2) is 9.42. The van der Waals surface area contributed by atoms with E-state index in [1.807, 2.05) is 62.4 Å². The summed E-state index contributed by atoms with van der Waals surface area (Å²) in [5.41, 5.74) is 4.77. The van der Waals surface area contributed by atoms with Crippen molar-refractivity contribution in [1.82, 2.24) is 0 Å². The van der Waals surface area contributed by atoms with Gasteiger partial charge in [-0.15, -0.1) is 0 Å². The quantitative estimate of drug-likeness (QED) is 0.247. The molecule has 0 atom stereocenters. The number of nitrogens with zero attached hydrogens (tertiary/aromatic N) is 1. The van der Waals surface area contributed by atoms with Crippen molar-refractivity contribution in [3.63, 3.8) is 0 Å². The summed E-state index contributed by atoms with van der Waals surface area (Å²) in [6.07, 6.45) is 1.37. The fraction of sp³-hybridized carbons (Fsp3) is 0.238. The van der Waals surface area contributed by atoms with Gasteiger partial charge in [0.05, 0.1) is 26.2 Å². The van der Waals surface area contributed by atoms with Crippen LogP contribution in [-0.4, -0.2) is 25.9 Å². The fourth-order valence-electron chi connectivity index (χ4n) is 2.48. The highest BCUT2D eigenvalue weighted by Crippen LogP contribution is 2.22. The van der Waals surface area contributed by atoms with Gasteiger partial charge in [-0.3, -0.25) is 0 Å². The Morgan fingerprint density at radius 3 is 2.58 bits per heavy atom. The van der Waals surface area contributed by atoms with Gasteiger partial charge >= 0.3 is 5.97 Å². The molecule has 2 rings (SSSR count). The fourth-order valence-corrected chi connectivity index (χ4v) is 2.48. The third-order valence-electron chi connectivity index (χ3n) is 3.81. The number of carbonyl (C=O) groups excluding carboxylic acids is 1. The number of ether oxygens (including phenoxy) is 2. The molecule has 0 spiro atoms. The van der Waals surface area contributed by atoms with Crippen molar-refractivity contribution in [2.45, 2.75) is 20.5 Å². The van der Waals surface area contributed by atoms with Crippen LogP contribution in [0.3, 0.4) is 0 Å².